The predicted octanol–water partition coefficient (Wildman–Crippen LogP) is 3.28. The zero-order valence-corrected chi connectivity index (χ0v) is 22.5. The van der Waals surface area contributed by atoms with Gasteiger partial charge in [-0.05, 0) is 35.0 Å². The number of piperazine rings is 1. The van der Waals surface area contributed by atoms with E-state index in [1.807, 2.05) is 30.3 Å². The highest BCUT2D eigenvalue weighted by Gasteiger charge is 2.31. The van der Waals surface area contributed by atoms with Gasteiger partial charge in [0.05, 0.1) is 13.1 Å². The number of carbonyl (C=O) groups is 2. The number of fused-ring (bicyclic) bond motifs is 1. The molecule has 1 N–H and O–H groups in total. The molecular formula is C28H27N9O4. The fourth-order valence-corrected chi connectivity index (χ4v) is 4.81. The number of aromatic nitrogens is 6. The van der Waals surface area contributed by atoms with Gasteiger partial charge in [-0.1, -0.05) is 30.3 Å². The summed E-state index contributed by atoms with van der Waals surface area (Å²) in [5.41, 5.74) is 3.44. The standard InChI is InChI=1S/C28H27N9O4/c1-18(38)30-21-8-9-23-22(17-21)31-27(40-23)20-10-11-29-24(16-20)41-28(39)37-14-12-36(13-15-37)25(19-6-4-3-5-7-19)26-32-34-35(2)33-26/h3-11,16-17,25H,12-15H2,1-2H3,(H,30,38). The smallest absolute Gasteiger partial charge is 0.416 e. The highest BCUT2D eigenvalue weighted by atomic mass is 16.6. The molecule has 3 aromatic heterocycles. The van der Waals surface area contributed by atoms with Crippen LogP contribution in [0, 0.1) is 0 Å². The first-order valence-corrected chi connectivity index (χ1v) is 13.1. The number of pyridine rings is 1. The molecule has 0 saturated carbocycles. The second-order valence-electron chi connectivity index (χ2n) is 9.61. The third kappa shape index (κ3) is 5.75. The molecule has 0 radical (unpaired) electrons. The average Bonchev–Trinajstić information content (AvgIpc) is 3.60. The summed E-state index contributed by atoms with van der Waals surface area (Å²) in [6.45, 7) is 3.57. The monoisotopic (exact) mass is 553 g/mol. The van der Waals surface area contributed by atoms with Gasteiger partial charge in [0, 0.05) is 56.6 Å². The van der Waals surface area contributed by atoms with E-state index in [9.17, 15) is 9.59 Å². The number of nitrogens with zero attached hydrogens (tertiary/aromatic N) is 8. The summed E-state index contributed by atoms with van der Waals surface area (Å²) in [6, 6.07) is 18.4. The largest absolute Gasteiger partial charge is 0.436 e. The Morgan fingerprint density at radius 3 is 2.56 bits per heavy atom. The molecule has 1 unspecified atom stereocenters. The molecule has 208 valence electrons. The van der Waals surface area contributed by atoms with Crippen LogP contribution in [0.2, 0.25) is 0 Å². The van der Waals surface area contributed by atoms with Crippen molar-refractivity contribution in [1.29, 1.82) is 0 Å². The zero-order chi connectivity index (χ0) is 28.3. The Balaban J connectivity index is 1.12. The van der Waals surface area contributed by atoms with E-state index >= 15 is 0 Å². The third-order valence-corrected chi connectivity index (χ3v) is 6.70. The molecule has 41 heavy (non-hydrogen) atoms. The summed E-state index contributed by atoms with van der Waals surface area (Å²) in [4.78, 5) is 38.5. The van der Waals surface area contributed by atoms with Crippen LogP contribution in [-0.2, 0) is 11.8 Å². The number of tetrazole rings is 1. The molecule has 1 atom stereocenters. The molecular weight excluding hydrogens is 526 g/mol. The molecule has 6 rings (SSSR count). The highest BCUT2D eigenvalue weighted by molar-refractivity contribution is 5.91. The lowest BCUT2D eigenvalue weighted by molar-refractivity contribution is -0.114. The lowest BCUT2D eigenvalue weighted by Crippen LogP contribution is -2.50. The van der Waals surface area contributed by atoms with Gasteiger partial charge in [-0.3, -0.25) is 9.69 Å². The molecule has 2 amide bonds. The van der Waals surface area contributed by atoms with E-state index in [1.165, 1.54) is 17.9 Å². The summed E-state index contributed by atoms with van der Waals surface area (Å²) in [6.07, 6.45) is 1.05. The van der Waals surface area contributed by atoms with Crippen LogP contribution in [0.25, 0.3) is 22.6 Å². The van der Waals surface area contributed by atoms with Crippen molar-refractivity contribution in [3.05, 3.63) is 78.2 Å². The number of oxazole rings is 1. The fourth-order valence-electron chi connectivity index (χ4n) is 4.81. The summed E-state index contributed by atoms with van der Waals surface area (Å²) in [5.74, 6) is 0.926. The summed E-state index contributed by atoms with van der Waals surface area (Å²) in [5, 5.41) is 15.4. The van der Waals surface area contributed by atoms with Crippen LogP contribution < -0.4 is 10.1 Å². The van der Waals surface area contributed by atoms with Crippen LogP contribution in [0.4, 0.5) is 10.5 Å². The van der Waals surface area contributed by atoms with E-state index < -0.39 is 6.09 Å². The Bertz CT molecular complexity index is 1690. The van der Waals surface area contributed by atoms with Crippen molar-refractivity contribution in [3.8, 4) is 17.3 Å². The normalized spacial score (nSPS) is 14.6. The van der Waals surface area contributed by atoms with E-state index in [4.69, 9.17) is 9.15 Å². The molecule has 0 spiro atoms. The minimum absolute atomic E-state index is 0.141. The molecule has 0 bridgehead atoms. The number of carbonyl (C=O) groups excluding carboxylic acids is 2. The van der Waals surface area contributed by atoms with Gasteiger partial charge in [0.15, 0.2) is 11.4 Å². The maximum absolute atomic E-state index is 13.0. The SMILES string of the molecule is CC(=O)Nc1ccc2oc(-c3ccnc(OC(=O)N4CCN(C(c5ccccc5)c5nnn(C)n5)CC4)c3)nc2c1. The van der Waals surface area contributed by atoms with Crippen molar-refractivity contribution in [2.45, 2.75) is 13.0 Å². The molecule has 2 aromatic carbocycles. The molecule has 4 heterocycles. The lowest BCUT2D eigenvalue weighted by Gasteiger charge is -2.37. The summed E-state index contributed by atoms with van der Waals surface area (Å²) in [7, 11) is 1.74. The average molecular weight is 554 g/mol. The van der Waals surface area contributed by atoms with Gasteiger partial charge < -0.3 is 19.4 Å². The molecule has 1 aliphatic heterocycles. The molecule has 13 nitrogen and oxygen atoms in total. The maximum atomic E-state index is 13.0. The van der Waals surface area contributed by atoms with Crippen molar-refractivity contribution in [3.63, 3.8) is 0 Å². The maximum Gasteiger partial charge on any atom is 0.416 e. The van der Waals surface area contributed by atoms with Gasteiger partial charge in [0.2, 0.25) is 17.7 Å². The highest BCUT2D eigenvalue weighted by Crippen LogP contribution is 2.29. The van der Waals surface area contributed by atoms with Crippen molar-refractivity contribution >= 4 is 28.8 Å². The number of aryl methyl sites for hydroxylation is 1. The Hall–Kier alpha value is -5.17. The number of amides is 2. The van der Waals surface area contributed by atoms with Crippen LogP contribution in [0.5, 0.6) is 5.88 Å². The van der Waals surface area contributed by atoms with Crippen molar-refractivity contribution in [1.82, 2.24) is 40.0 Å². The Morgan fingerprint density at radius 1 is 1.02 bits per heavy atom. The van der Waals surface area contributed by atoms with Crippen LogP contribution in [-0.4, -0.2) is 78.2 Å². The number of hydrogen-bond acceptors (Lipinski definition) is 10. The van der Waals surface area contributed by atoms with Gasteiger partial charge in [-0.25, -0.2) is 14.8 Å². The topological polar surface area (TPSA) is 144 Å². The number of anilines is 1. The summed E-state index contributed by atoms with van der Waals surface area (Å²) < 4.78 is 11.5. The second kappa shape index (κ2) is 11.1. The number of nitrogens with one attached hydrogen (secondary N) is 1. The minimum Gasteiger partial charge on any atom is -0.436 e. The third-order valence-electron chi connectivity index (χ3n) is 6.70. The van der Waals surface area contributed by atoms with Gasteiger partial charge in [-0.15, -0.1) is 10.2 Å². The van der Waals surface area contributed by atoms with Gasteiger partial charge in [0.1, 0.15) is 5.52 Å². The Kier molecular flexibility index (Phi) is 7.08. The number of rotatable bonds is 6. The quantitative estimate of drug-likeness (QED) is 0.333. The number of benzene rings is 2. The first-order valence-electron chi connectivity index (χ1n) is 13.1. The van der Waals surface area contributed by atoms with Crippen LogP contribution in [0.15, 0.2) is 71.3 Å². The molecule has 5 aromatic rings. The number of ether oxygens (including phenoxy) is 1. The van der Waals surface area contributed by atoms with Gasteiger partial charge >= 0.3 is 6.09 Å². The Morgan fingerprint density at radius 2 is 1.83 bits per heavy atom. The predicted molar refractivity (Wildman–Crippen MR) is 148 cm³/mol. The fraction of sp³-hybridized carbons (Fsp3) is 0.250. The van der Waals surface area contributed by atoms with E-state index in [0.29, 0.717) is 60.2 Å². The van der Waals surface area contributed by atoms with Gasteiger partial charge in [-0.2, -0.15) is 4.80 Å². The van der Waals surface area contributed by atoms with Crippen molar-refractivity contribution < 1.29 is 18.7 Å². The van der Waals surface area contributed by atoms with Gasteiger partial charge in [0.25, 0.3) is 0 Å². The van der Waals surface area contributed by atoms with E-state index in [1.54, 1.807) is 42.3 Å². The number of hydrogen-bond donors (Lipinski definition) is 1. The van der Waals surface area contributed by atoms with Crippen molar-refractivity contribution in [2.75, 3.05) is 31.5 Å². The molecule has 0 aliphatic carbocycles. The van der Waals surface area contributed by atoms with E-state index in [2.05, 4.69) is 35.6 Å². The first-order chi connectivity index (χ1) is 19.9. The first kappa shape index (κ1) is 26.1. The molecule has 1 saturated heterocycles. The lowest BCUT2D eigenvalue weighted by atomic mass is 10.0. The van der Waals surface area contributed by atoms with Crippen LogP contribution in [0.3, 0.4) is 0 Å². The van der Waals surface area contributed by atoms with E-state index in [-0.39, 0.29) is 17.8 Å². The molecule has 1 aliphatic rings. The minimum atomic E-state index is -0.485. The van der Waals surface area contributed by atoms with Crippen LogP contribution >= 0.6 is 0 Å². The Labute approximate surface area is 234 Å². The van der Waals surface area contributed by atoms with E-state index in [0.717, 1.165) is 5.56 Å². The second-order valence-corrected chi connectivity index (χ2v) is 9.61. The van der Waals surface area contributed by atoms with Crippen LogP contribution in [0.1, 0.15) is 24.4 Å². The molecule has 1 fully saturated rings. The summed E-state index contributed by atoms with van der Waals surface area (Å²) >= 11 is 0. The zero-order valence-electron chi connectivity index (χ0n) is 22.5. The van der Waals surface area contributed by atoms with Crippen molar-refractivity contribution in [2.24, 2.45) is 7.05 Å². The molecule has 13 heteroatoms.